The zero-order valence-corrected chi connectivity index (χ0v) is 26.2. The van der Waals surface area contributed by atoms with Crippen molar-refractivity contribution in [3.05, 3.63) is 71.3 Å². The van der Waals surface area contributed by atoms with Crippen molar-refractivity contribution >= 4 is 56.3 Å². The molecule has 5 rings (SSSR count). The molecule has 43 heavy (non-hydrogen) atoms. The van der Waals surface area contributed by atoms with Crippen molar-refractivity contribution in [3.63, 3.8) is 0 Å². The molecule has 0 bridgehead atoms. The van der Waals surface area contributed by atoms with Gasteiger partial charge in [0.15, 0.2) is 0 Å². The van der Waals surface area contributed by atoms with Crippen LogP contribution in [0.15, 0.2) is 70.6 Å². The molecular weight excluding hydrogens is 605 g/mol. The van der Waals surface area contributed by atoms with E-state index in [-0.39, 0.29) is 17.2 Å². The standard InChI is InChI=1S/C31H34N4O5S3/c36-28(37)16-7-4-10-19-34-30(38)27(42-31(34)41)21-24-22-35(25-13-5-3-6-14-25)32-29(24)23-12-11-15-26(20-23)43(39,40)33-17-8-1-2-9-18-33/h3,5-6,11-15,20-22H,1-2,4,7-10,16-19H2,(H,36,37). The smallest absolute Gasteiger partial charge is 0.303 e. The van der Waals surface area contributed by atoms with Gasteiger partial charge in [0.2, 0.25) is 10.0 Å². The molecule has 0 unspecified atom stereocenters. The maximum Gasteiger partial charge on any atom is 0.303 e. The second-order valence-electron chi connectivity index (χ2n) is 10.6. The lowest BCUT2D eigenvalue weighted by molar-refractivity contribution is -0.137. The fraction of sp³-hybridized carbons (Fsp3) is 0.355. The minimum atomic E-state index is -3.67. The van der Waals surface area contributed by atoms with Gasteiger partial charge in [-0.1, -0.05) is 73.6 Å². The van der Waals surface area contributed by atoms with Gasteiger partial charge in [0.25, 0.3) is 5.91 Å². The summed E-state index contributed by atoms with van der Waals surface area (Å²) in [6.45, 7) is 1.46. The summed E-state index contributed by atoms with van der Waals surface area (Å²) in [5, 5.41) is 13.7. The zero-order chi connectivity index (χ0) is 30.4. The Hall–Kier alpha value is -3.32. The number of rotatable bonds is 11. The maximum absolute atomic E-state index is 13.6. The molecule has 1 N–H and O–H groups in total. The van der Waals surface area contributed by atoms with Gasteiger partial charge in [-0.15, -0.1) is 0 Å². The van der Waals surface area contributed by atoms with Crippen molar-refractivity contribution in [2.24, 2.45) is 0 Å². The molecule has 0 spiro atoms. The molecule has 1 amide bonds. The van der Waals surface area contributed by atoms with Gasteiger partial charge in [-0.25, -0.2) is 13.1 Å². The predicted octanol–water partition coefficient (Wildman–Crippen LogP) is 5.95. The molecule has 0 saturated carbocycles. The minimum Gasteiger partial charge on any atom is -0.481 e. The van der Waals surface area contributed by atoms with Crippen molar-refractivity contribution in [3.8, 4) is 16.9 Å². The SMILES string of the molecule is O=C(O)CCCCCN1C(=O)C(=Cc2cn(-c3ccccc3)nc2-c2cccc(S(=O)(=O)N3CCCCCC3)c2)SC1=S. The Morgan fingerprint density at radius 2 is 1.74 bits per heavy atom. The second kappa shape index (κ2) is 14.0. The number of hydrogen-bond donors (Lipinski definition) is 1. The number of sulfonamides is 1. The fourth-order valence-electron chi connectivity index (χ4n) is 5.22. The number of nitrogens with zero attached hydrogens (tertiary/aromatic N) is 4. The number of aliphatic carboxylic acids is 1. The van der Waals surface area contributed by atoms with Crippen molar-refractivity contribution < 1.29 is 23.1 Å². The van der Waals surface area contributed by atoms with E-state index < -0.39 is 16.0 Å². The second-order valence-corrected chi connectivity index (χ2v) is 14.2. The first-order valence-corrected chi connectivity index (χ1v) is 17.1. The average molecular weight is 639 g/mol. The van der Waals surface area contributed by atoms with Gasteiger partial charge in [-0.05, 0) is 56.0 Å². The van der Waals surface area contributed by atoms with E-state index in [0.717, 1.165) is 31.4 Å². The highest BCUT2D eigenvalue weighted by Crippen LogP contribution is 2.36. The number of carboxylic acids is 1. The molecule has 226 valence electrons. The molecule has 0 radical (unpaired) electrons. The number of hydrogen-bond acceptors (Lipinski definition) is 7. The quantitative estimate of drug-likeness (QED) is 0.156. The third kappa shape index (κ3) is 7.43. The van der Waals surface area contributed by atoms with Gasteiger partial charge in [0.05, 0.1) is 15.5 Å². The van der Waals surface area contributed by atoms with Crippen LogP contribution in [0.1, 0.15) is 56.9 Å². The van der Waals surface area contributed by atoms with Crippen molar-refractivity contribution in [2.75, 3.05) is 19.6 Å². The van der Waals surface area contributed by atoms with E-state index in [4.69, 9.17) is 22.4 Å². The van der Waals surface area contributed by atoms with Gasteiger partial charge < -0.3 is 5.11 Å². The summed E-state index contributed by atoms with van der Waals surface area (Å²) in [5.74, 6) is -1.03. The fourth-order valence-corrected chi connectivity index (χ4v) is 8.09. The van der Waals surface area contributed by atoms with E-state index in [1.165, 1.54) is 11.8 Å². The Bertz CT molecular complexity index is 1630. The molecule has 2 saturated heterocycles. The van der Waals surface area contributed by atoms with Crippen molar-refractivity contribution in [2.45, 2.75) is 56.3 Å². The first-order chi connectivity index (χ1) is 20.7. The number of amides is 1. The van der Waals surface area contributed by atoms with E-state index in [0.29, 0.717) is 64.9 Å². The van der Waals surface area contributed by atoms with E-state index in [2.05, 4.69) is 0 Å². The highest BCUT2D eigenvalue weighted by atomic mass is 32.2. The molecule has 0 aliphatic carbocycles. The Morgan fingerprint density at radius 3 is 2.47 bits per heavy atom. The van der Waals surface area contributed by atoms with Crippen LogP contribution in [0.3, 0.4) is 0 Å². The monoisotopic (exact) mass is 638 g/mol. The number of para-hydroxylation sites is 1. The summed E-state index contributed by atoms with van der Waals surface area (Å²) in [4.78, 5) is 26.4. The van der Waals surface area contributed by atoms with Crippen LogP contribution in [0.25, 0.3) is 23.0 Å². The largest absolute Gasteiger partial charge is 0.481 e. The molecule has 2 aliphatic rings. The predicted molar refractivity (Wildman–Crippen MR) is 172 cm³/mol. The van der Waals surface area contributed by atoms with Crippen LogP contribution in [-0.2, 0) is 19.6 Å². The summed E-state index contributed by atoms with van der Waals surface area (Å²) in [6.07, 6.45) is 9.36. The van der Waals surface area contributed by atoms with Crippen LogP contribution in [0, 0.1) is 0 Å². The average Bonchev–Trinajstić information content (AvgIpc) is 3.38. The Balaban J connectivity index is 1.46. The van der Waals surface area contributed by atoms with Crippen LogP contribution in [-0.4, -0.2) is 68.3 Å². The van der Waals surface area contributed by atoms with Crippen molar-refractivity contribution in [1.82, 2.24) is 19.0 Å². The number of benzene rings is 2. The van der Waals surface area contributed by atoms with Gasteiger partial charge in [0.1, 0.15) is 10.0 Å². The lowest BCUT2D eigenvalue weighted by Crippen LogP contribution is -2.31. The highest BCUT2D eigenvalue weighted by molar-refractivity contribution is 8.26. The first kappa shape index (κ1) is 31.1. The minimum absolute atomic E-state index is 0.104. The number of thioether (sulfide) groups is 1. The molecule has 9 nitrogen and oxygen atoms in total. The summed E-state index contributed by atoms with van der Waals surface area (Å²) in [7, 11) is -3.67. The molecule has 2 fully saturated rings. The maximum atomic E-state index is 13.6. The third-order valence-corrected chi connectivity index (χ3v) is 10.8. The van der Waals surface area contributed by atoms with Crippen LogP contribution >= 0.6 is 24.0 Å². The van der Waals surface area contributed by atoms with Gasteiger partial charge in [-0.2, -0.15) is 9.40 Å². The van der Waals surface area contributed by atoms with E-state index >= 15 is 0 Å². The Labute approximate surface area is 261 Å². The van der Waals surface area contributed by atoms with E-state index in [1.807, 2.05) is 42.6 Å². The summed E-state index contributed by atoms with van der Waals surface area (Å²) < 4.78 is 30.9. The molecule has 3 aromatic rings. The summed E-state index contributed by atoms with van der Waals surface area (Å²) in [5.41, 5.74) is 2.67. The number of unbranched alkanes of at least 4 members (excludes halogenated alkanes) is 2. The number of carbonyl (C=O) groups excluding carboxylic acids is 1. The highest BCUT2D eigenvalue weighted by Gasteiger charge is 2.32. The van der Waals surface area contributed by atoms with Crippen molar-refractivity contribution in [1.29, 1.82) is 0 Å². The summed E-state index contributed by atoms with van der Waals surface area (Å²) >= 11 is 6.73. The number of carbonyl (C=O) groups is 2. The topological polar surface area (TPSA) is 113 Å². The molecule has 12 heteroatoms. The van der Waals surface area contributed by atoms with Gasteiger partial charge in [0, 0.05) is 43.4 Å². The Morgan fingerprint density at radius 1 is 1.00 bits per heavy atom. The Kier molecular flexibility index (Phi) is 10.1. The van der Waals surface area contributed by atoms with Gasteiger partial charge >= 0.3 is 5.97 Å². The van der Waals surface area contributed by atoms with Crippen LogP contribution in [0.2, 0.25) is 0 Å². The number of aromatic nitrogens is 2. The van der Waals surface area contributed by atoms with Gasteiger partial charge in [-0.3, -0.25) is 14.5 Å². The van der Waals surface area contributed by atoms with E-state index in [1.54, 1.807) is 38.2 Å². The van der Waals surface area contributed by atoms with E-state index in [9.17, 15) is 18.0 Å². The van der Waals surface area contributed by atoms with Crippen LogP contribution < -0.4 is 0 Å². The first-order valence-electron chi connectivity index (χ1n) is 14.5. The molecule has 3 heterocycles. The molecular formula is C31H34N4O5S3. The third-order valence-electron chi connectivity index (χ3n) is 7.51. The molecule has 0 atom stereocenters. The lowest BCUT2D eigenvalue weighted by Gasteiger charge is -2.20. The van der Waals surface area contributed by atoms with Crippen LogP contribution in [0.4, 0.5) is 0 Å². The lowest BCUT2D eigenvalue weighted by atomic mass is 10.1. The number of carboxylic acid groups (broad SMARTS) is 1. The number of thiocarbonyl (C=S) groups is 1. The normalized spacial score (nSPS) is 17.5. The van der Waals surface area contributed by atoms with Crippen LogP contribution in [0.5, 0.6) is 0 Å². The molecule has 1 aromatic heterocycles. The molecule has 2 aromatic carbocycles. The molecule has 2 aliphatic heterocycles. The summed E-state index contributed by atoms with van der Waals surface area (Å²) in [6, 6.07) is 16.4. The zero-order valence-electron chi connectivity index (χ0n) is 23.7.